The molecule has 17 heavy (non-hydrogen) atoms. The highest BCUT2D eigenvalue weighted by molar-refractivity contribution is 7.94. The van der Waals surface area contributed by atoms with Crippen molar-refractivity contribution in [2.75, 3.05) is 0 Å². The van der Waals surface area contributed by atoms with Gasteiger partial charge in [-0.25, -0.2) is 12.8 Å². The minimum absolute atomic E-state index is 0.105. The fourth-order valence-electron chi connectivity index (χ4n) is 1.11. The largest absolute Gasteiger partial charge is 0.366 e. The molecule has 88 valence electrons. The summed E-state index contributed by atoms with van der Waals surface area (Å²) in [5, 5.41) is 0. The van der Waals surface area contributed by atoms with Gasteiger partial charge in [-0.3, -0.25) is 4.72 Å². The number of nitrogens with zero attached hydrogens (tertiary/aromatic N) is 3. The summed E-state index contributed by atoms with van der Waals surface area (Å²) in [5.74, 6) is -0.670. The molecule has 0 bridgehead atoms. The second kappa shape index (κ2) is 4.46. The molecule has 0 amide bonds. The van der Waals surface area contributed by atoms with Crippen LogP contribution in [0.3, 0.4) is 0 Å². The number of hydrogen-bond acceptors (Lipinski definition) is 4. The third kappa shape index (κ3) is 2.76. The van der Waals surface area contributed by atoms with Crippen molar-refractivity contribution in [3.8, 4) is 0 Å². The molecule has 1 aromatic heterocycles. The van der Waals surface area contributed by atoms with E-state index >= 15 is 0 Å². The quantitative estimate of drug-likeness (QED) is 0.837. The molecule has 0 aliphatic heterocycles. The molecular formula is C10H7FN3O2S-. The second-order valence-corrected chi connectivity index (χ2v) is 4.67. The Bertz CT molecular complexity index is 599. The SMILES string of the molecule is O=S(=O)([N-]c1ncccn1)c1ccc(F)cc1. The van der Waals surface area contributed by atoms with Gasteiger partial charge in [0.1, 0.15) is 5.82 Å². The first-order valence-corrected chi connectivity index (χ1v) is 6.02. The average Bonchev–Trinajstić information content (AvgIpc) is 2.30. The zero-order valence-electron chi connectivity index (χ0n) is 8.49. The summed E-state index contributed by atoms with van der Waals surface area (Å²) >= 11 is 0. The van der Waals surface area contributed by atoms with Crippen molar-refractivity contribution in [2.45, 2.75) is 4.90 Å². The Balaban J connectivity index is 2.29. The number of benzene rings is 1. The van der Waals surface area contributed by atoms with Crippen molar-refractivity contribution < 1.29 is 12.8 Å². The van der Waals surface area contributed by atoms with Gasteiger partial charge in [0.15, 0.2) is 0 Å². The molecular weight excluding hydrogens is 245 g/mol. The van der Waals surface area contributed by atoms with E-state index in [2.05, 4.69) is 14.7 Å². The van der Waals surface area contributed by atoms with E-state index in [9.17, 15) is 12.8 Å². The van der Waals surface area contributed by atoms with Crippen LogP contribution in [-0.4, -0.2) is 18.4 Å². The number of hydrogen-bond donors (Lipinski definition) is 0. The number of rotatable bonds is 3. The van der Waals surface area contributed by atoms with Gasteiger partial charge in [-0.15, -0.1) is 0 Å². The van der Waals surface area contributed by atoms with Crippen LogP contribution in [0.2, 0.25) is 0 Å². The van der Waals surface area contributed by atoms with Crippen molar-refractivity contribution in [2.24, 2.45) is 0 Å². The number of aromatic nitrogens is 2. The van der Waals surface area contributed by atoms with Crippen LogP contribution < -0.4 is 0 Å². The number of halogens is 1. The lowest BCUT2D eigenvalue weighted by atomic mass is 10.4. The van der Waals surface area contributed by atoms with Crippen LogP contribution in [-0.2, 0) is 10.0 Å². The highest BCUT2D eigenvalue weighted by atomic mass is 32.2. The second-order valence-electron chi connectivity index (χ2n) is 3.07. The molecule has 0 saturated heterocycles. The van der Waals surface area contributed by atoms with E-state index in [1.807, 2.05) is 0 Å². The van der Waals surface area contributed by atoms with E-state index in [0.717, 1.165) is 24.3 Å². The molecule has 2 rings (SSSR count). The smallest absolute Gasteiger partial charge is 0.229 e. The van der Waals surface area contributed by atoms with E-state index in [0.29, 0.717) is 0 Å². The van der Waals surface area contributed by atoms with E-state index < -0.39 is 15.8 Å². The standard InChI is InChI=1S/C10H7FN3O2S/c11-8-2-4-9(5-3-8)17(15,16)14-10-12-6-1-7-13-10/h1-7H/q-1. The predicted molar refractivity (Wildman–Crippen MR) is 58.6 cm³/mol. The topological polar surface area (TPSA) is 74.0 Å². The highest BCUT2D eigenvalue weighted by Gasteiger charge is 2.11. The monoisotopic (exact) mass is 252 g/mol. The van der Waals surface area contributed by atoms with Crippen molar-refractivity contribution in [1.29, 1.82) is 0 Å². The summed E-state index contributed by atoms with van der Waals surface area (Å²) in [6.07, 6.45) is 2.76. The van der Waals surface area contributed by atoms with Gasteiger partial charge in [0.25, 0.3) is 0 Å². The van der Waals surface area contributed by atoms with Gasteiger partial charge < -0.3 is 9.97 Å². The molecule has 0 spiro atoms. The molecule has 0 fully saturated rings. The molecule has 0 atom stereocenters. The van der Waals surface area contributed by atoms with Crippen LogP contribution in [0.15, 0.2) is 47.6 Å². The molecule has 0 N–H and O–H groups in total. The average molecular weight is 252 g/mol. The molecule has 0 aliphatic rings. The molecule has 7 heteroatoms. The Kier molecular flexibility index (Phi) is 3.01. The van der Waals surface area contributed by atoms with Crippen LogP contribution in [0, 0.1) is 5.82 Å². The third-order valence-corrected chi connectivity index (χ3v) is 3.14. The van der Waals surface area contributed by atoms with E-state index in [-0.39, 0.29) is 10.8 Å². The normalized spacial score (nSPS) is 11.1. The van der Waals surface area contributed by atoms with Gasteiger partial charge in [-0.05, 0) is 36.7 Å². The number of sulfonamides is 1. The summed E-state index contributed by atoms with van der Waals surface area (Å²) in [5.41, 5.74) is 0. The molecule has 1 heterocycles. The lowest BCUT2D eigenvalue weighted by molar-refractivity contribution is 0.601. The summed E-state index contributed by atoms with van der Waals surface area (Å²) < 4.78 is 39.6. The minimum Gasteiger partial charge on any atom is -0.366 e. The van der Waals surface area contributed by atoms with Gasteiger partial charge in [0.05, 0.1) is 4.90 Å². The van der Waals surface area contributed by atoms with Crippen molar-refractivity contribution in [1.82, 2.24) is 9.97 Å². The van der Waals surface area contributed by atoms with E-state index in [1.54, 1.807) is 6.07 Å². The van der Waals surface area contributed by atoms with Crippen molar-refractivity contribution in [3.63, 3.8) is 0 Å². The molecule has 2 aromatic rings. The predicted octanol–water partition coefficient (Wildman–Crippen LogP) is 2.01. The first-order chi connectivity index (χ1) is 8.08. The minimum atomic E-state index is -3.90. The maximum absolute atomic E-state index is 12.7. The summed E-state index contributed by atoms with van der Waals surface area (Å²) in [6, 6.07) is 5.92. The van der Waals surface area contributed by atoms with Gasteiger partial charge in [0, 0.05) is 5.95 Å². The summed E-state index contributed by atoms with van der Waals surface area (Å²) in [6.45, 7) is 0. The van der Waals surface area contributed by atoms with Gasteiger partial charge in [-0.2, -0.15) is 0 Å². The lowest BCUT2D eigenvalue weighted by Gasteiger charge is -2.11. The highest BCUT2D eigenvalue weighted by Crippen LogP contribution is 2.23. The van der Waals surface area contributed by atoms with Gasteiger partial charge >= 0.3 is 0 Å². The fourth-order valence-corrected chi connectivity index (χ4v) is 2.00. The molecule has 0 saturated carbocycles. The molecule has 0 radical (unpaired) electrons. The summed E-state index contributed by atoms with van der Waals surface area (Å²) in [4.78, 5) is 7.25. The molecule has 1 aromatic carbocycles. The van der Waals surface area contributed by atoms with Gasteiger partial charge in [0.2, 0.25) is 10.0 Å². The molecule has 0 unspecified atom stereocenters. The lowest BCUT2D eigenvalue weighted by Crippen LogP contribution is -1.99. The van der Waals surface area contributed by atoms with Crippen molar-refractivity contribution in [3.05, 3.63) is 53.3 Å². The summed E-state index contributed by atoms with van der Waals surface area (Å²) in [7, 11) is -3.90. The van der Waals surface area contributed by atoms with Crippen LogP contribution >= 0.6 is 0 Å². The zero-order valence-corrected chi connectivity index (χ0v) is 9.30. The maximum atomic E-state index is 12.7. The third-order valence-electron chi connectivity index (χ3n) is 1.87. The Hall–Kier alpha value is -2.02. The first kappa shape index (κ1) is 11.5. The molecule has 5 nitrogen and oxygen atoms in total. The van der Waals surface area contributed by atoms with E-state index in [1.165, 1.54) is 12.4 Å². The molecule has 0 aliphatic carbocycles. The van der Waals surface area contributed by atoms with Crippen LogP contribution in [0.25, 0.3) is 4.72 Å². The van der Waals surface area contributed by atoms with Crippen LogP contribution in [0.1, 0.15) is 0 Å². The maximum Gasteiger partial charge on any atom is 0.229 e. The Morgan fingerprint density at radius 3 is 2.24 bits per heavy atom. The van der Waals surface area contributed by atoms with E-state index in [4.69, 9.17) is 0 Å². The fraction of sp³-hybridized carbons (Fsp3) is 0. The first-order valence-electron chi connectivity index (χ1n) is 4.58. The van der Waals surface area contributed by atoms with Gasteiger partial charge in [-0.1, -0.05) is 6.07 Å². The Morgan fingerprint density at radius 2 is 1.65 bits per heavy atom. The van der Waals surface area contributed by atoms with Crippen LogP contribution in [0.4, 0.5) is 10.3 Å². The van der Waals surface area contributed by atoms with Crippen molar-refractivity contribution >= 4 is 16.0 Å². The zero-order chi connectivity index (χ0) is 12.3. The Labute approximate surface area is 97.4 Å². The van der Waals surface area contributed by atoms with Crippen LogP contribution in [0.5, 0.6) is 0 Å². The Morgan fingerprint density at radius 1 is 1.06 bits per heavy atom.